The number of anilines is 1. The molecule has 5 aliphatic rings. The van der Waals surface area contributed by atoms with Crippen molar-refractivity contribution in [1.29, 1.82) is 0 Å². The molecule has 0 bridgehead atoms. The third-order valence-electron chi connectivity index (χ3n) is 14.1. The number of Topliss-reactive ketones (excluding diaryl/α,β-unsaturated/α-hetero) is 1. The fourth-order valence-corrected chi connectivity index (χ4v) is 11.9. The molecule has 4 fully saturated rings. The number of rotatable bonds is 3. The number of carbonyl (C=O) groups is 2. The minimum atomic E-state index is -0.816. The van der Waals surface area contributed by atoms with Crippen molar-refractivity contribution >= 4 is 17.6 Å². The maximum Gasteiger partial charge on any atom is 0.237 e. The van der Waals surface area contributed by atoms with Gasteiger partial charge in [0.2, 0.25) is 11.9 Å². The molecular formula is C36H53N3O3. The number of aromatic nitrogens is 2. The van der Waals surface area contributed by atoms with E-state index in [9.17, 15) is 14.7 Å². The number of nitrogens with one attached hydrogen (secondary N) is 1. The van der Waals surface area contributed by atoms with E-state index in [0.29, 0.717) is 24.2 Å². The van der Waals surface area contributed by atoms with Crippen LogP contribution in [0.3, 0.4) is 0 Å². The number of nitrogens with zero attached hydrogens (tertiary/aromatic N) is 2. The lowest BCUT2D eigenvalue weighted by atomic mass is 9.33. The van der Waals surface area contributed by atoms with Gasteiger partial charge in [0.15, 0.2) is 5.78 Å². The largest absolute Gasteiger partial charge is 0.393 e. The van der Waals surface area contributed by atoms with Crippen LogP contribution in [0.4, 0.5) is 5.95 Å². The van der Waals surface area contributed by atoms with Crippen LogP contribution in [0.25, 0.3) is 0 Å². The lowest BCUT2D eigenvalue weighted by Gasteiger charge is -2.72. The molecule has 42 heavy (non-hydrogen) atoms. The fraction of sp³-hybridized carbons (Fsp3) is 0.778. The molecule has 1 heterocycles. The Kier molecular flexibility index (Phi) is 6.75. The highest BCUT2D eigenvalue weighted by Crippen LogP contribution is 2.76. The molecule has 3 unspecified atom stereocenters. The third kappa shape index (κ3) is 3.85. The molecule has 0 aromatic carbocycles. The molecule has 1 aromatic heterocycles. The molecule has 0 spiro atoms. The number of hydrogen-bond donors (Lipinski definition) is 2. The maximum absolute atomic E-state index is 14.4. The highest BCUT2D eigenvalue weighted by atomic mass is 16.3. The summed E-state index contributed by atoms with van der Waals surface area (Å²) in [6.07, 6.45) is 8.08. The van der Waals surface area contributed by atoms with Gasteiger partial charge in [-0.1, -0.05) is 48.5 Å². The van der Waals surface area contributed by atoms with E-state index in [4.69, 9.17) is 0 Å². The molecule has 230 valence electrons. The van der Waals surface area contributed by atoms with Gasteiger partial charge >= 0.3 is 0 Å². The summed E-state index contributed by atoms with van der Waals surface area (Å²) >= 11 is 0. The van der Waals surface area contributed by atoms with Gasteiger partial charge in [0, 0.05) is 17.8 Å². The Morgan fingerprint density at radius 3 is 2.21 bits per heavy atom. The van der Waals surface area contributed by atoms with Gasteiger partial charge in [-0.2, -0.15) is 0 Å². The predicted molar refractivity (Wildman–Crippen MR) is 166 cm³/mol. The van der Waals surface area contributed by atoms with Crippen molar-refractivity contribution in [3.63, 3.8) is 0 Å². The van der Waals surface area contributed by atoms with Gasteiger partial charge in [-0.05, 0) is 128 Å². The summed E-state index contributed by atoms with van der Waals surface area (Å²) in [4.78, 5) is 37.3. The van der Waals surface area contributed by atoms with Crippen molar-refractivity contribution in [1.82, 2.24) is 9.97 Å². The second kappa shape index (κ2) is 9.46. The van der Waals surface area contributed by atoms with Gasteiger partial charge in [0.05, 0.1) is 11.5 Å². The quantitative estimate of drug-likeness (QED) is 0.392. The molecule has 1 amide bonds. The van der Waals surface area contributed by atoms with E-state index >= 15 is 0 Å². The number of hydrogen-bond acceptors (Lipinski definition) is 5. The van der Waals surface area contributed by atoms with Crippen LogP contribution in [-0.2, 0) is 9.59 Å². The Morgan fingerprint density at radius 2 is 1.57 bits per heavy atom. The van der Waals surface area contributed by atoms with Crippen LogP contribution in [0.5, 0.6) is 0 Å². The minimum absolute atomic E-state index is 0.00436. The van der Waals surface area contributed by atoms with Crippen molar-refractivity contribution < 1.29 is 14.7 Å². The van der Waals surface area contributed by atoms with Gasteiger partial charge < -0.3 is 5.11 Å². The monoisotopic (exact) mass is 575 g/mol. The standard InChI is InChI=1S/C36H53N3O3/c1-20(2)28-24(40)19-36(30(42)39-31-37-21(3)18-22(4)38-31)17-16-34(8)23(29(28)36)10-11-26-33(7)14-13-27(41)32(5,6)25(33)12-15-35(26,34)9/h18,20,23,25-27,41H,10-17,19H2,1-9H3,(H,37,38,39,42)/t23?,25?,26?,27-,33-,34+,35+,36+/m0/s1. The van der Waals surface area contributed by atoms with Crippen LogP contribution in [0, 0.1) is 64.6 Å². The molecule has 0 saturated heterocycles. The number of aryl methyl sites for hydroxylation is 2. The number of aliphatic hydroxyl groups excluding tert-OH is 1. The zero-order valence-electron chi connectivity index (χ0n) is 27.5. The van der Waals surface area contributed by atoms with Gasteiger partial charge in [-0.15, -0.1) is 0 Å². The van der Waals surface area contributed by atoms with Crippen molar-refractivity contribution in [3.05, 3.63) is 28.6 Å². The average molecular weight is 576 g/mol. The molecule has 4 saturated carbocycles. The van der Waals surface area contributed by atoms with E-state index in [-0.39, 0.29) is 57.7 Å². The third-order valence-corrected chi connectivity index (χ3v) is 14.1. The van der Waals surface area contributed by atoms with Crippen molar-refractivity contribution in [2.75, 3.05) is 5.32 Å². The summed E-state index contributed by atoms with van der Waals surface area (Å²) in [7, 11) is 0. The van der Waals surface area contributed by atoms with E-state index in [1.165, 1.54) is 0 Å². The Bertz CT molecular complexity index is 1340. The summed E-state index contributed by atoms with van der Waals surface area (Å²) in [6.45, 7) is 20.3. The number of ketones is 1. The SMILES string of the molecule is Cc1cc(C)nc(NC(=O)[C@@]23CC[C@]4(C)C(CCC5[C@@]6(C)CC[C@H](O)C(C)(C)C6CC[C@]54C)C2=C(C(C)C)C(=O)C3)n1. The normalized spacial score (nSPS) is 42.5. The zero-order chi connectivity index (χ0) is 30.6. The number of allylic oxidation sites excluding steroid dienone is 1. The predicted octanol–water partition coefficient (Wildman–Crippen LogP) is 7.37. The topological polar surface area (TPSA) is 92.2 Å². The fourth-order valence-electron chi connectivity index (χ4n) is 11.9. The smallest absolute Gasteiger partial charge is 0.237 e. The van der Waals surface area contributed by atoms with E-state index in [1.807, 2.05) is 19.9 Å². The summed E-state index contributed by atoms with van der Waals surface area (Å²) in [5, 5.41) is 14.1. The molecule has 6 heteroatoms. The Balaban J connectivity index is 1.42. The molecule has 0 aliphatic heterocycles. The molecule has 2 N–H and O–H groups in total. The number of fused-ring (bicyclic) bond motifs is 7. The second-order valence-electron chi connectivity index (χ2n) is 16.6. The van der Waals surface area contributed by atoms with Crippen LogP contribution < -0.4 is 5.32 Å². The van der Waals surface area contributed by atoms with E-state index in [0.717, 1.165) is 67.5 Å². The van der Waals surface area contributed by atoms with Crippen molar-refractivity contribution in [2.45, 2.75) is 126 Å². The Hall–Kier alpha value is -2.08. The van der Waals surface area contributed by atoms with Crippen molar-refractivity contribution in [2.24, 2.45) is 50.7 Å². The first-order valence-corrected chi connectivity index (χ1v) is 16.6. The van der Waals surface area contributed by atoms with Gasteiger partial charge in [0.25, 0.3) is 0 Å². The van der Waals surface area contributed by atoms with E-state index in [1.54, 1.807) is 0 Å². The maximum atomic E-state index is 14.4. The average Bonchev–Trinajstić information content (AvgIpc) is 3.20. The second-order valence-corrected chi connectivity index (χ2v) is 16.6. The van der Waals surface area contributed by atoms with Gasteiger partial charge in [0.1, 0.15) is 0 Å². The first-order valence-electron chi connectivity index (χ1n) is 16.6. The first-order chi connectivity index (χ1) is 19.5. The molecule has 8 atom stereocenters. The first kappa shape index (κ1) is 30.0. The number of amides is 1. The van der Waals surface area contributed by atoms with Crippen LogP contribution >= 0.6 is 0 Å². The lowest BCUT2D eigenvalue weighted by Crippen LogP contribution is -2.66. The minimum Gasteiger partial charge on any atom is -0.393 e. The van der Waals surface area contributed by atoms with Crippen LogP contribution in [-0.4, -0.2) is 32.9 Å². The number of aliphatic hydroxyl groups is 1. The molecule has 1 aromatic rings. The van der Waals surface area contributed by atoms with Crippen LogP contribution in [0.1, 0.15) is 118 Å². The number of carbonyl (C=O) groups excluding carboxylic acids is 2. The zero-order valence-corrected chi connectivity index (χ0v) is 27.5. The Labute approximate surface area is 252 Å². The molecule has 6 rings (SSSR count). The van der Waals surface area contributed by atoms with Crippen LogP contribution in [0.2, 0.25) is 0 Å². The lowest BCUT2D eigenvalue weighted by molar-refractivity contribution is -0.228. The summed E-state index contributed by atoms with van der Waals surface area (Å²) in [5.41, 5.74) is 3.13. The molecule has 6 nitrogen and oxygen atoms in total. The van der Waals surface area contributed by atoms with E-state index < -0.39 is 5.41 Å². The Morgan fingerprint density at radius 1 is 0.905 bits per heavy atom. The molecule has 0 radical (unpaired) electrons. The van der Waals surface area contributed by atoms with Crippen LogP contribution in [0.15, 0.2) is 17.2 Å². The van der Waals surface area contributed by atoms with Gasteiger partial charge in [-0.25, -0.2) is 9.97 Å². The van der Waals surface area contributed by atoms with E-state index in [2.05, 4.69) is 63.8 Å². The molecule has 5 aliphatic carbocycles. The summed E-state index contributed by atoms with van der Waals surface area (Å²) in [5.74, 6) is 1.78. The molecular weight excluding hydrogens is 522 g/mol. The highest BCUT2D eigenvalue weighted by Gasteiger charge is 2.70. The summed E-state index contributed by atoms with van der Waals surface area (Å²) < 4.78 is 0. The summed E-state index contributed by atoms with van der Waals surface area (Å²) in [6, 6.07) is 1.91. The highest BCUT2D eigenvalue weighted by molar-refractivity contribution is 6.09. The van der Waals surface area contributed by atoms with Gasteiger partial charge in [-0.3, -0.25) is 14.9 Å². The van der Waals surface area contributed by atoms with Crippen molar-refractivity contribution in [3.8, 4) is 0 Å².